The molecule has 0 saturated carbocycles. The second-order valence-corrected chi connectivity index (χ2v) is 6.49. The van der Waals surface area contributed by atoms with Crippen molar-refractivity contribution in [3.63, 3.8) is 0 Å². The molecular weight excluding hydrogens is 220 g/mol. The summed E-state index contributed by atoms with van der Waals surface area (Å²) in [6.07, 6.45) is 0. The monoisotopic (exact) mass is 238 g/mol. The molecule has 0 aliphatic rings. The van der Waals surface area contributed by atoms with Crippen LogP contribution in [-0.4, -0.2) is 16.5 Å². The van der Waals surface area contributed by atoms with E-state index in [0.29, 0.717) is 11.5 Å². The highest BCUT2D eigenvalue weighted by Gasteiger charge is 2.14. The number of esters is 1. The van der Waals surface area contributed by atoms with Crippen LogP contribution >= 0.6 is 11.8 Å². The Morgan fingerprint density at radius 1 is 1.38 bits per heavy atom. The molecule has 2 nitrogen and oxygen atoms in total. The van der Waals surface area contributed by atoms with Crippen molar-refractivity contribution in [2.75, 3.05) is 5.75 Å². The predicted molar refractivity (Wildman–Crippen MR) is 69.0 cm³/mol. The van der Waals surface area contributed by atoms with Crippen LogP contribution in [0.5, 0.6) is 5.75 Å². The van der Waals surface area contributed by atoms with Gasteiger partial charge in [-0.2, -0.15) is 0 Å². The van der Waals surface area contributed by atoms with Gasteiger partial charge in [-0.05, 0) is 24.6 Å². The molecule has 0 bridgehead atoms. The summed E-state index contributed by atoms with van der Waals surface area (Å²) in [5, 5.41) is 0. The summed E-state index contributed by atoms with van der Waals surface area (Å²) in [6.45, 7) is 8.22. The SMILES string of the molecule is Cc1cccc(OC(=O)CSC(C)(C)C)c1. The van der Waals surface area contributed by atoms with Gasteiger partial charge in [-0.15, -0.1) is 11.8 Å². The number of rotatable bonds is 3. The number of hydrogen-bond acceptors (Lipinski definition) is 3. The molecule has 0 N–H and O–H groups in total. The van der Waals surface area contributed by atoms with Crippen molar-refractivity contribution < 1.29 is 9.53 Å². The lowest BCUT2D eigenvalue weighted by Crippen LogP contribution is -2.16. The number of carbonyl (C=O) groups is 1. The molecule has 0 radical (unpaired) electrons. The smallest absolute Gasteiger partial charge is 0.321 e. The van der Waals surface area contributed by atoms with Gasteiger partial charge in [0.05, 0.1) is 5.75 Å². The van der Waals surface area contributed by atoms with Crippen LogP contribution in [0.25, 0.3) is 0 Å². The Morgan fingerprint density at radius 3 is 2.62 bits per heavy atom. The van der Waals surface area contributed by atoms with Gasteiger partial charge in [0.2, 0.25) is 0 Å². The lowest BCUT2D eigenvalue weighted by molar-refractivity contribution is -0.131. The minimum Gasteiger partial charge on any atom is -0.426 e. The summed E-state index contributed by atoms with van der Waals surface area (Å²) in [7, 11) is 0. The van der Waals surface area contributed by atoms with Gasteiger partial charge >= 0.3 is 5.97 Å². The van der Waals surface area contributed by atoms with E-state index in [0.717, 1.165) is 5.56 Å². The summed E-state index contributed by atoms with van der Waals surface area (Å²) in [5.74, 6) is 0.822. The first-order chi connectivity index (χ1) is 7.37. The second-order valence-electron chi connectivity index (χ2n) is 4.69. The van der Waals surface area contributed by atoms with E-state index in [1.807, 2.05) is 25.1 Å². The average Bonchev–Trinajstić information content (AvgIpc) is 2.14. The summed E-state index contributed by atoms with van der Waals surface area (Å²) >= 11 is 1.59. The van der Waals surface area contributed by atoms with E-state index >= 15 is 0 Å². The van der Waals surface area contributed by atoms with Gasteiger partial charge in [0.1, 0.15) is 5.75 Å². The first-order valence-electron chi connectivity index (χ1n) is 5.28. The number of hydrogen-bond donors (Lipinski definition) is 0. The fourth-order valence-electron chi connectivity index (χ4n) is 1.12. The maximum atomic E-state index is 11.5. The van der Waals surface area contributed by atoms with E-state index in [4.69, 9.17) is 4.74 Å². The highest BCUT2D eigenvalue weighted by atomic mass is 32.2. The Hall–Kier alpha value is -0.960. The van der Waals surface area contributed by atoms with Crippen LogP contribution in [0.4, 0.5) is 0 Å². The zero-order valence-corrected chi connectivity index (χ0v) is 11.1. The first kappa shape index (κ1) is 13.1. The van der Waals surface area contributed by atoms with E-state index in [1.165, 1.54) is 0 Å². The van der Waals surface area contributed by atoms with Crippen LogP contribution in [0.3, 0.4) is 0 Å². The number of aryl methyl sites for hydroxylation is 1. The minimum atomic E-state index is -0.189. The molecule has 0 atom stereocenters. The summed E-state index contributed by atoms with van der Waals surface area (Å²) in [5.41, 5.74) is 1.09. The maximum absolute atomic E-state index is 11.5. The Bertz CT molecular complexity index is 366. The quantitative estimate of drug-likeness (QED) is 0.596. The molecule has 0 saturated heterocycles. The van der Waals surface area contributed by atoms with Gasteiger partial charge in [0.25, 0.3) is 0 Å². The molecule has 1 aromatic carbocycles. The molecular formula is C13H18O2S. The van der Waals surface area contributed by atoms with Crippen LogP contribution in [0, 0.1) is 6.92 Å². The third-order valence-corrected chi connectivity index (χ3v) is 3.09. The molecule has 1 aromatic rings. The summed E-state index contributed by atoms with van der Waals surface area (Å²) in [6, 6.07) is 7.52. The summed E-state index contributed by atoms with van der Waals surface area (Å²) < 4.78 is 5.32. The van der Waals surface area contributed by atoms with Gasteiger partial charge in [-0.1, -0.05) is 32.9 Å². The molecule has 0 fully saturated rings. The minimum absolute atomic E-state index is 0.0889. The zero-order valence-electron chi connectivity index (χ0n) is 10.2. The van der Waals surface area contributed by atoms with Gasteiger partial charge < -0.3 is 4.74 Å². The standard InChI is InChI=1S/C13H18O2S/c1-10-6-5-7-11(8-10)15-12(14)9-16-13(2,3)4/h5-8H,9H2,1-4H3. The lowest BCUT2D eigenvalue weighted by Gasteiger charge is -2.16. The Labute approximate surface area is 101 Å². The van der Waals surface area contributed by atoms with Crippen LogP contribution in [0.15, 0.2) is 24.3 Å². The van der Waals surface area contributed by atoms with E-state index in [-0.39, 0.29) is 10.7 Å². The molecule has 0 unspecified atom stereocenters. The average molecular weight is 238 g/mol. The van der Waals surface area contributed by atoms with Crippen molar-refractivity contribution >= 4 is 17.7 Å². The maximum Gasteiger partial charge on any atom is 0.321 e. The Balaban J connectivity index is 2.46. The molecule has 0 amide bonds. The fraction of sp³-hybridized carbons (Fsp3) is 0.462. The molecule has 3 heteroatoms. The number of carbonyl (C=O) groups excluding carboxylic acids is 1. The van der Waals surface area contributed by atoms with Crippen molar-refractivity contribution in [3.05, 3.63) is 29.8 Å². The van der Waals surface area contributed by atoms with E-state index in [9.17, 15) is 4.79 Å². The Kier molecular flexibility index (Phi) is 4.42. The van der Waals surface area contributed by atoms with E-state index in [1.54, 1.807) is 17.8 Å². The number of benzene rings is 1. The Morgan fingerprint density at radius 2 is 2.06 bits per heavy atom. The molecule has 0 spiro atoms. The van der Waals surface area contributed by atoms with E-state index < -0.39 is 0 Å². The van der Waals surface area contributed by atoms with Crippen molar-refractivity contribution in [2.45, 2.75) is 32.4 Å². The van der Waals surface area contributed by atoms with Crippen LogP contribution in [0.1, 0.15) is 26.3 Å². The van der Waals surface area contributed by atoms with Gasteiger partial charge in [-0.25, -0.2) is 0 Å². The summed E-state index contributed by atoms with van der Waals surface area (Å²) in [4.78, 5) is 11.5. The predicted octanol–water partition coefficient (Wildman–Crippen LogP) is 3.43. The van der Waals surface area contributed by atoms with Crippen molar-refractivity contribution in [2.24, 2.45) is 0 Å². The van der Waals surface area contributed by atoms with Crippen LogP contribution in [-0.2, 0) is 4.79 Å². The lowest BCUT2D eigenvalue weighted by atomic mass is 10.2. The topological polar surface area (TPSA) is 26.3 Å². The second kappa shape index (κ2) is 5.39. The fourth-order valence-corrected chi connectivity index (χ4v) is 1.72. The normalized spacial score (nSPS) is 11.2. The van der Waals surface area contributed by atoms with Crippen LogP contribution < -0.4 is 4.74 Å². The third-order valence-electron chi connectivity index (χ3n) is 1.84. The zero-order chi connectivity index (χ0) is 12.2. The molecule has 16 heavy (non-hydrogen) atoms. The third kappa shape index (κ3) is 5.21. The van der Waals surface area contributed by atoms with Gasteiger partial charge in [0.15, 0.2) is 0 Å². The van der Waals surface area contributed by atoms with E-state index in [2.05, 4.69) is 20.8 Å². The van der Waals surface area contributed by atoms with Crippen molar-refractivity contribution in [1.29, 1.82) is 0 Å². The molecule has 0 aliphatic heterocycles. The largest absolute Gasteiger partial charge is 0.426 e. The van der Waals surface area contributed by atoms with Gasteiger partial charge in [0, 0.05) is 4.75 Å². The van der Waals surface area contributed by atoms with Gasteiger partial charge in [-0.3, -0.25) is 4.79 Å². The molecule has 0 aromatic heterocycles. The highest BCUT2D eigenvalue weighted by Crippen LogP contribution is 2.23. The van der Waals surface area contributed by atoms with Crippen LogP contribution in [0.2, 0.25) is 0 Å². The molecule has 1 rings (SSSR count). The van der Waals surface area contributed by atoms with Crippen molar-refractivity contribution in [1.82, 2.24) is 0 Å². The number of thioether (sulfide) groups is 1. The number of ether oxygens (including phenoxy) is 1. The first-order valence-corrected chi connectivity index (χ1v) is 6.27. The molecule has 0 aliphatic carbocycles. The highest BCUT2D eigenvalue weighted by molar-refractivity contribution is 8.01. The van der Waals surface area contributed by atoms with Crippen molar-refractivity contribution in [3.8, 4) is 5.75 Å². The molecule has 88 valence electrons. The molecule has 0 heterocycles.